The van der Waals surface area contributed by atoms with Crippen LogP contribution in [0.5, 0.6) is 0 Å². The average molecular weight is 427 g/mol. The van der Waals surface area contributed by atoms with Crippen LogP contribution in [0.15, 0.2) is 34.2 Å². The van der Waals surface area contributed by atoms with E-state index in [0.717, 1.165) is 21.2 Å². The molecule has 5 nitrogen and oxygen atoms in total. The first-order valence-electron chi connectivity index (χ1n) is 7.25. The van der Waals surface area contributed by atoms with E-state index in [9.17, 15) is 4.39 Å². The van der Waals surface area contributed by atoms with Crippen LogP contribution < -0.4 is 4.90 Å². The summed E-state index contributed by atoms with van der Waals surface area (Å²) in [6.07, 6.45) is 1.72. The van der Waals surface area contributed by atoms with Crippen molar-refractivity contribution in [3.05, 3.63) is 45.1 Å². The Bertz CT molecular complexity index is 842. The molecule has 0 spiro atoms. The Morgan fingerprint density at radius 3 is 3.08 bits per heavy atom. The fourth-order valence-electron chi connectivity index (χ4n) is 2.48. The maximum Gasteiger partial charge on any atom is 0.208 e. The Hall–Kier alpha value is -1.42. The lowest BCUT2D eigenvalue weighted by molar-refractivity contribution is 0.0396. The van der Waals surface area contributed by atoms with Gasteiger partial charge in [-0.05, 0) is 18.2 Å². The molecule has 4 rings (SSSR count). The van der Waals surface area contributed by atoms with Gasteiger partial charge in [-0.3, -0.25) is 0 Å². The van der Waals surface area contributed by atoms with Crippen LogP contribution in [0.25, 0.3) is 10.6 Å². The normalized spacial score (nSPS) is 18.1. The van der Waals surface area contributed by atoms with Crippen LogP contribution in [-0.4, -0.2) is 34.9 Å². The predicted octanol–water partition coefficient (Wildman–Crippen LogP) is 4.14. The highest BCUT2D eigenvalue weighted by Crippen LogP contribution is 2.34. The quantitative estimate of drug-likeness (QED) is 0.629. The molecule has 0 saturated carbocycles. The Labute approximate surface area is 154 Å². The van der Waals surface area contributed by atoms with Gasteiger partial charge in [-0.2, -0.15) is 0 Å². The SMILES string of the molecule is Fc1ccc(Br)cc1-c1nnc(N2CCOC(c3nccs3)C2)s1. The summed E-state index contributed by atoms with van der Waals surface area (Å²) < 4.78 is 20.6. The minimum Gasteiger partial charge on any atom is -0.367 e. The molecule has 0 N–H and O–H groups in total. The summed E-state index contributed by atoms with van der Waals surface area (Å²) in [5.41, 5.74) is 0.456. The molecule has 1 saturated heterocycles. The molecule has 1 fully saturated rings. The van der Waals surface area contributed by atoms with Gasteiger partial charge < -0.3 is 9.64 Å². The van der Waals surface area contributed by atoms with Crippen LogP contribution in [-0.2, 0) is 4.74 Å². The van der Waals surface area contributed by atoms with Crippen molar-refractivity contribution in [2.24, 2.45) is 0 Å². The van der Waals surface area contributed by atoms with Crippen molar-refractivity contribution in [2.75, 3.05) is 24.6 Å². The summed E-state index contributed by atoms with van der Waals surface area (Å²) in [5, 5.41) is 12.7. The van der Waals surface area contributed by atoms with Crippen LogP contribution in [0.4, 0.5) is 9.52 Å². The summed E-state index contributed by atoms with van der Waals surface area (Å²) in [7, 11) is 0. The zero-order valence-corrected chi connectivity index (χ0v) is 15.6. The monoisotopic (exact) mass is 426 g/mol. The van der Waals surface area contributed by atoms with Gasteiger partial charge >= 0.3 is 0 Å². The summed E-state index contributed by atoms with van der Waals surface area (Å²) in [6.45, 7) is 2.00. The number of benzene rings is 1. The number of rotatable bonds is 3. The van der Waals surface area contributed by atoms with Crippen LogP contribution in [0.2, 0.25) is 0 Å². The van der Waals surface area contributed by atoms with Crippen molar-refractivity contribution in [3.63, 3.8) is 0 Å². The summed E-state index contributed by atoms with van der Waals surface area (Å²) >= 11 is 6.33. The van der Waals surface area contributed by atoms with Gasteiger partial charge in [-0.1, -0.05) is 27.3 Å². The van der Waals surface area contributed by atoms with E-state index in [1.54, 1.807) is 29.7 Å². The van der Waals surface area contributed by atoms with Gasteiger partial charge in [0.15, 0.2) is 5.01 Å². The van der Waals surface area contributed by atoms with Gasteiger partial charge in [-0.15, -0.1) is 21.5 Å². The first kappa shape index (κ1) is 16.1. The number of aromatic nitrogens is 3. The van der Waals surface area contributed by atoms with E-state index in [1.807, 2.05) is 5.38 Å². The van der Waals surface area contributed by atoms with E-state index in [1.165, 1.54) is 17.4 Å². The molecule has 1 aromatic carbocycles. The lowest BCUT2D eigenvalue weighted by Gasteiger charge is -2.31. The van der Waals surface area contributed by atoms with E-state index in [-0.39, 0.29) is 11.9 Å². The summed E-state index contributed by atoms with van der Waals surface area (Å²) in [5.74, 6) is -0.302. The third-order valence-electron chi connectivity index (χ3n) is 3.64. The first-order chi connectivity index (χ1) is 11.7. The number of nitrogens with zero attached hydrogens (tertiary/aromatic N) is 4. The molecule has 24 heavy (non-hydrogen) atoms. The molecule has 1 aliphatic heterocycles. The van der Waals surface area contributed by atoms with Crippen molar-refractivity contribution in [3.8, 4) is 10.6 Å². The minimum atomic E-state index is -0.302. The Balaban J connectivity index is 1.57. The smallest absolute Gasteiger partial charge is 0.208 e. The Morgan fingerprint density at radius 1 is 1.33 bits per heavy atom. The zero-order valence-electron chi connectivity index (χ0n) is 12.4. The third kappa shape index (κ3) is 3.21. The molecule has 1 atom stereocenters. The van der Waals surface area contributed by atoms with Gasteiger partial charge in [0, 0.05) is 28.2 Å². The molecule has 0 amide bonds. The number of anilines is 1. The molecule has 124 valence electrons. The lowest BCUT2D eigenvalue weighted by Crippen LogP contribution is -2.38. The number of halogens is 2. The van der Waals surface area contributed by atoms with Gasteiger partial charge in [-0.25, -0.2) is 9.37 Å². The zero-order chi connectivity index (χ0) is 16.5. The van der Waals surface area contributed by atoms with Crippen LogP contribution >= 0.6 is 38.6 Å². The maximum absolute atomic E-state index is 14.0. The fraction of sp³-hybridized carbons (Fsp3) is 0.267. The van der Waals surface area contributed by atoms with Crippen molar-refractivity contribution in [1.29, 1.82) is 0 Å². The second-order valence-corrected chi connectivity index (χ2v) is 7.99. The largest absolute Gasteiger partial charge is 0.367 e. The topological polar surface area (TPSA) is 51.1 Å². The minimum absolute atomic E-state index is 0.0614. The summed E-state index contributed by atoms with van der Waals surface area (Å²) in [6, 6.07) is 4.81. The third-order valence-corrected chi connectivity index (χ3v) is 6.02. The molecular formula is C15H12BrFN4OS2. The predicted molar refractivity (Wildman–Crippen MR) is 96.0 cm³/mol. The highest BCUT2D eigenvalue weighted by molar-refractivity contribution is 9.10. The van der Waals surface area contributed by atoms with E-state index in [2.05, 4.69) is 36.0 Å². The van der Waals surface area contributed by atoms with Crippen LogP contribution in [0.3, 0.4) is 0 Å². The molecular weight excluding hydrogens is 415 g/mol. The molecule has 0 aliphatic carbocycles. The molecule has 3 heterocycles. The average Bonchev–Trinajstić information content (AvgIpc) is 3.29. The van der Waals surface area contributed by atoms with E-state index < -0.39 is 0 Å². The van der Waals surface area contributed by atoms with Crippen molar-refractivity contribution >= 4 is 43.7 Å². The number of morpholine rings is 1. The van der Waals surface area contributed by atoms with E-state index in [0.29, 0.717) is 23.7 Å². The molecule has 1 aliphatic rings. The van der Waals surface area contributed by atoms with Gasteiger partial charge in [0.05, 0.1) is 13.2 Å². The van der Waals surface area contributed by atoms with E-state index in [4.69, 9.17) is 4.74 Å². The molecule has 2 aromatic heterocycles. The molecule has 0 bridgehead atoms. The van der Waals surface area contributed by atoms with Gasteiger partial charge in [0.25, 0.3) is 0 Å². The maximum atomic E-state index is 14.0. The van der Waals surface area contributed by atoms with E-state index >= 15 is 0 Å². The Morgan fingerprint density at radius 2 is 2.25 bits per heavy atom. The van der Waals surface area contributed by atoms with Crippen molar-refractivity contribution in [2.45, 2.75) is 6.10 Å². The standard InChI is InChI=1S/C15H12BrFN4OS2/c16-9-1-2-11(17)10(7-9)13-19-20-15(24-13)21-4-5-22-12(8-21)14-18-3-6-23-14/h1-3,6-7,12H,4-5,8H2. The number of thiazole rings is 1. The van der Waals surface area contributed by atoms with Gasteiger partial charge in [0.2, 0.25) is 5.13 Å². The second kappa shape index (κ2) is 6.83. The highest BCUT2D eigenvalue weighted by Gasteiger charge is 2.26. The lowest BCUT2D eigenvalue weighted by atomic mass is 10.2. The number of ether oxygens (including phenoxy) is 1. The number of hydrogen-bond acceptors (Lipinski definition) is 7. The Kier molecular flexibility index (Phi) is 4.57. The van der Waals surface area contributed by atoms with Gasteiger partial charge in [0.1, 0.15) is 16.9 Å². The molecule has 0 radical (unpaired) electrons. The highest BCUT2D eigenvalue weighted by atomic mass is 79.9. The summed E-state index contributed by atoms with van der Waals surface area (Å²) in [4.78, 5) is 6.44. The molecule has 1 unspecified atom stereocenters. The second-order valence-electron chi connectivity index (χ2n) is 5.19. The van der Waals surface area contributed by atoms with Crippen LogP contribution in [0.1, 0.15) is 11.1 Å². The van der Waals surface area contributed by atoms with Crippen molar-refractivity contribution in [1.82, 2.24) is 15.2 Å². The number of hydrogen-bond donors (Lipinski definition) is 0. The molecule has 3 aromatic rings. The fourth-order valence-corrected chi connectivity index (χ4v) is 4.42. The molecule has 9 heteroatoms. The first-order valence-corrected chi connectivity index (χ1v) is 9.74. The van der Waals surface area contributed by atoms with Crippen LogP contribution in [0, 0.1) is 5.82 Å². The van der Waals surface area contributed by atoms with Crippen molar-refractivity contribution < 1.29 is 9.13 Å².